The van der Waals surface area contributed by atoms with Crippen molar-refractivity contribution in [2.24, 2.45) is 22.7 Å². The third-order valence-corrected chi connectivity index (χ3v) is 8.38. The second-order valence-corrected chi connectivity index (χ2v) is 9.66. The maximum Gasteiger partial charge on any atom is 0.331 e. The molecular formula is C22H36O7. The van der Waals surface area contributed by atoms with Gasteiger partial charge in [0.05, 0.1) is 0 Å². The number of carbonyl (C=O) groups is 1. The average Bonchev–Trinajstić information content (AvgIpc) is 2.93. The Balaban J connectivity index is 1.87. The molecule has 1 saturated carbocycles. The summed E-state index contributed by atoms with van der Waals surface area (Å²) in [4.78, 5) is 11.9. The van der Waals surface area contributed by atoms with E-state index in [2.05, 4.69) is 20.8 Å². The summed E-state index contributed by atoms with van der Waals surface area (Å²) in [5.74, 6) is -0.261. The second kappa shape index (κ2) is 7.93. The number of aliphatic carboxylic acids is 1. The number of aliphatic hydroxyl groups excluding tert-OH is 1. The van der Waals surface area contributed by atoms with Crippen LogP contribution in [0.3, 0.4) is 0 Å². The molecule has 3 N–H and O–H groups in total. The van der Waals surface area contributed by atoms with Crippen LogP contribution in [0.4, 0.5) is 0 Å². The Bertz CT molecular complexity index is 660. The summed E-state index contributed by atoms with van der Waals surface area (Å²) >= 11 is 0. The van der Waals surface area contributed by atoms with Crippen LogP contribution in [0.1, 0.15) is 59.3 Å². The molecule has 2 fully saturated rings. The van der Waals surface area contributed by atoms with Crippen LogP contribution in [0, 0.1) is 22.7 Å². The van der Waals surface area contributed by atoms with Crippen LogP contribution in [0.5, 0.6) is 0 Å². The van der Waals surface area contributed by atoms with Crippen molar-refractivity contribution in [2.75, 3.05) is 14.2 Å². The summed E-state index contributed by atoms with van der Waals surface area (Å²) in [6, 6.07) is 0. The lowest BCUT2D eigenvalue weighted by atomic mass is 9.46. The molecule has 0 aromatic heterocycles. The summed E-state index contributed by atoms with van der Waals surface area (Å²) < 4.78 is 16.0. The fraction of sp³-hybridized carbons (Fsp3) is 0.864. The molecule has 7 heteroatoms. The first-order valence-corrected chi connectivity index (χ1v) is 10.6. The highest BCUT2D eigenvalue weighted by molar-refractivity contribution is 5.88. The number of rotatable bonds is 6. The van der Waals surface area contributed by atoms with E-state index in [-0.39, 0.29) is 23.2 Å². The molecule has 0 spiro atoms. The summed E-state index contributed by atoms with van der Waals surface area (Å²) in [6.45, 7) is 6.52. The van der Waals surface area contributed by atoms with Gasteiger partial charge in [0.2, 0.25) is 0 Å². The van der Waals surface area contributed by atoms with Crippen molar-refractivity contribution in [3.05, 3.63) is 11.6 Å². The van der Waals surface area contributed by atoms with Crippen molar-refractivity contribution in [1.29, 1.82) is 0 Å². The van der Waals surface area contributed by atoms with Gasteiger partial charge in [0.25, 0.3) is 0 Å². The van der Waals surface area contributed by atoms with Crippen LogP contribution in [-0.4, -0.2) is 59.8 Å². The van der Waals surface area contributed by atoms with Gasteiger partial charge in [0, 0.05) is 25.2 Å². The van der Waals surface area contributed by atoms with Gasteiger partial charge in [-0.15, -0.1) is 0 Å². The predicted octanol–water partition coefficient (Wildman–Crippen LogP) is 2.70. The van der Waals surface area contributed by atoms with E-state index in [0.717, 1.165) is 25.7 Å². The molecule has 0 bridgehead atoms. The number of carboxylic acids is 1. The predicted molar refractivity (Wildman–Crippen MR) is 106 cm³/mol. The third-order valence-electron chi connectivity index (χ3n) is 8.38. The zero-order valence-electron chi connectivity index (χ0n) is 18.2. The highest BCUT2D eigenvalue weighted by Crippen LogP contribution is 2.62. The molecule has 0 aromatic carbocycles. The van der Waals surface area contributed by atoms with Crippen molar-refractivity contribution in [3.8, 4) is 0 Å². The van der Waals surface area contributed by atoms with Crippen LogP contribution in [0.25, 0.3) is 0 Å². The van der Waals surface area contributed by atoms with E-state index >= 15 is 0 Å². The quantitative estimate of drug-likeness (QED) is 0.616. The Hall–Kier alpha value is -0.990. The summed E-state index contributed by atoms with van der Waals surface area (Å²) in [5, 5.41) is 31.7. The molecule has 166 valence electrons. The van der Waals surface area contributed by atoms with Crippen LogP contribution >= 0.6 is 0 Å². The lowest BCUT2D eigenvalue weighted by Crippen LogP contribution is -2.54. The summed E-state index contributed by atoms with van der Waals surface area (Å²) in [5.41, 5.74) is -1.61. The molecule has 29 heavy (non-hydrogen) atoms. The van der Waals surface area contributed by atoms with E-state index < -0.39 is 30.3 Å². The van der Waals surface area contributed by atoms with E-state index in [1.807, 2.05) is 6.08 Å². The van der Waals surface area contributed by atoms with Crippen molar-refractivity contribution in [2.45, 2.75) is 83.6 Å². The van der Waals surface area contributed by atoms with Gasteiger partial charge in [-0.1, -0.05) is 26.8 Å². The molecule has 1 aliphatic heterocycles. The first kappa shape index (κ1) is 22.7. The van der Waals surface area contributed by atoms with Crippen LogP contribution in [-0.2, 0) is 19.0 Å². The Kier molecular flexibility index (Phi) is 6.20. The number of hydrogen-bond donors (Lipinski definition) is 3. The second-order valence-electron chi connectivity index (χ2n) is 9.66. The average molecular weight is 413 g/mol. The Labute approximate surface area is 173 Å². The van der Waals surface area contributed by atoms with E-state index in [0.29, 0.717) is 17.9 Å². The number of fused-ring (bicyclic) bond motifs is 1. The van der Waals surface area contributed by atoms with Gasteiger partial charge in [-0.3, -0.25) is 0 Å². The first-order valence-electron chi connectivity index (χ1n) is 10.6. The number of hydrogen-bond acceptors (Lipinski definition) is 6. The van der Waals surface area contributed by atoms with Gasteiger partial charge < -0.3 is 29.5 Å². The molecule has 2 aliphatic carbocycles. The highest BCUT2D eigenvalue weighted by atomic mass is 16.8. The van der Waals surface area contributed by atoms with Gasteiger partial charge in [0.15, 0.2) is 12.6 Å². The molecule has 0 amide bonds. The lowest BCUT2D eigenvalue weighted by Gasteiger charge is -2.58. The summed E-state index contributed by atoms with van der Waals surface area (Å²) in [7, 11) is 2.86. The molecule has 0 unspecified atom stereocenters. The van der Waals surface area contributed by atoms with E-state index in [9.17, 15) is 20.1 Å². The number of carboxylic acid groups (broad SMARTS) is 1. The van der Waals surface area contributed by atoms with Gasteiger partial charge in [-0.2, -0.15) is 0 Å². The Morgan fingerprint density at radius 2 is 1.93 bits per heavy atom. The summed E-state index contributed by atoms with van der Waals surface area (Å²) in [6.07, 6.45) is 3.15. The van der Waals surface area contributed by atoms with Crippen molar-refractivity contribution >= 4 is 5.97 Å². The molecule has 3 rings (SSSR count). The number of ether oxygens (including phenoxy) is 3. The maximum absolute atomic E-state index is 11.9. The monoisotopic (exact) mass is 412 g/mol. The third kappa shape index (κ3) is 3.45. The SMILES string of the molecule is CO[C@H]1O[C@@H](OC)[C@](O)(CC[C@@]2(C)[C@H](C)CC[C@@]3(C)C(C(=O)O)=CCC[C@H]23)[C@H]1O. The lowest BCUT2D eigenvalue weighted by molar-refractivity contribution is -0.221. The molecule has 3 aliphatic rings. The molecule has 1 saturated heterocycles. The molecular weight excluding hydrogens is 376 g/mol. The standard InChI is InChI=1S/C22H36O7/c1-13-9-10-21(3)14(17(24)25)7-6-8-15(21)20(13,2)11-12-22(26)16(23)18(27-4)29-19(22)28-5/h7,13,15-16,18-19,23,26H,6,8-12H2,1-5H3,(H,24,25)/t13-,15-,16+,18+,19-,20+,21+,22+/m1/s1. The molecule has 0 radical (unpaired) electrons. The highest BCUT2D eigenvalue weighted by Gasteiger charge is 2.59. The van der Waals surface area contributed by atoms with Gasteiger partial charge >= 0.3 is 5.97 Å². The normalized spacial score (nSPS) is 47.6. The topological polar surface area (TPSA) is 105 Å². The fourth-order valence-electron chi connectivity index (χ4n) is 6.31. The van der Waals surface area contributed by atoms with Crippen LogP contribution in [0.2, 0.25) is 0 Å². The van der Waals surface area contributed by atoms with E-state index in [1.54, 1.807) is 0 Å². The van der Waals surface area contributed by atoms with Gasteiger partial charge in [0.1, 0.15) is 11.7 Å². The van der Waals surface area contributed by atoms with Crippen molar-refractivity contribution < 1.29 is 34.3 Å². The Morgan fingerprint density at radius 3 is 2.52 bits per heavy atom. The zero-order valence-corrected chi connectivity index (χ0v) is 18.2. The maximum atomic E-state index is 11.9. The van der Waals surface area contributed by atoms with Crippen molar-refractivity contribution in [1.82, 2.24) is 0 Å². The largest absolute Gasteiger partial charge is 0.478 e. The molecule has 1 heterocycles. The number of methoxy groups -OCH3 is 2. The van der Waals surface area contributed by atoms with Gasteiger partial charge in [-0.05, 0) is 55.8 Å². The number of aliphatic hydroxyl groups is 2. The van der Waals surface area contributed by atoms with E-state index in [1.165, 1.54) is 14.2 Å². The smallest absolute Gasteiger partial charge is 0.331 e. The molecule has 7 nitrogen and oxygen atoms in total. The van der Waals surface area contributed by atoms with Crippen LogP contribution in [0.15, 0.2) is 11.6 Å². The number of allylic oxidation sites excluding steroid dienone is 1. The minimum Gasteiger partial charge on any atom is -0.478 e. The van der Waals surface area contributed by atoms with Gasteiger partial charge in [-0.25, -0.2) is 4.79 Å². The first-order chi connectivity index (χ1) is 13.5. The Morgan fingerprint density at radius 1 is 1.24 bits per heavy atom. The van der Waals surface area contributed by atoms with Crippen molar-refractivity contribution in [3.63, 3.8) is 0 Å². The minimum atomic E-state index is -1.58. The minimum absolute atomic E-state index is 0.180. The van der Waals surface area contributed by atoms with E-state index in [4.69, 9.17) is 14.2 Å². The zero-order chi connectivity index (χ0) is 21.6. The molecule has 8 atom stereocenters. The fourth-order valence-corrected chi connectivity index (χ4v) is 6.31. The molecule has 0 aromatic rings. The van der Waals surface area contributed by atoms with Crippen LogP contribution < -0.4 is 0 Å².